The number of anilines is 2. The molecule has 6 heteroatoms. The fraction of sp³-hybridized carbons (Fsp3) is 0. The van der Waals surface area contributed by atoms with Crippen molar-refractivity contribution in [2.75, 3.05) is 5.32 Å². The molecule has 2 aromatic carbocycles. The second-order valence-electron chi connectivity index (χ2n) is 4.50. The van der Waals surface area contributed by atoms with Crippen molar-refractivity contribution in [1.29, 1.82) is 0 Å². The number of hydrogen-bond donors (Lipinski definition) is 4. The Labute approximate surface area is 119 Å². The maximum Gasteiger partial charge on any atom is 0.152 e. The molecule has 21 heavy (non-hydrogen) atoms. The molecule has 106 valence electrons. The largest absolute Gasteiger partial charge is 0.508 e. The number of aromatic hydroxyl groups is 2. The molecule has 1 heterocycles. The van der Waals surface area contributed by atoms with Gasteiger partial charge in [-0.1, -0.05) is 0 Å². The standard InChI is InChI=1S/C15H12FN3O2/c16-12-7-11(21)5-6-13(12)17-15-8-14(18-19-15)9-1-3-10(20)4-2-9/h1-8,20-21H,(H2,17,18,19). The molecule has 0 amide bonds. The number of aromatic amines is 1. The van der Waals surface area contributed by atoms with Gasteiger partial charge in [0, 0.05) is 12.1 Å². The molecule has 0 saturated heterocycles. The van der Waals surface area contributed by atoms with E-state index >= 15 is 0 Å². The first kappa shape index (κ1) is 13.0. The van der Waals surface area contributed by atoms with E-state index in [9.17, 15) is 9.50 Å². The van der Waals surface area contributed by atoms with Crippen LogP contribution in [0.15, 0.2) is 48.5 Å². The van der Waals surface area contributed by atoms with Gasteiger partial charge in [0.15, 0.2) is 5.82 Å². The molecule has 0 spiro atoms. The molecule has 0 unspecified atom stereocenters. The van der Waals surface area contributed by atoms with E-state index in [0.717, 1.165) is 17.3 Å². The fourth-order valence-electron chi connectivity index (χ4n) is 1.92. The molecular weight excluding hydrogens is 273 g/mol. The molecule has 0 aliphatic heterocycles. The van der Waals surface area contributed by atoms with Gasteiger partial charge >= 0.3 is 0 Å². The molecule has 3 aromatic rings. The van der Waals surface area contributed by atoms with Crippen LogP contribution in [0.5, 0.6) is 11.5 Å². The maximum absolute atomic E-state index is 13.6. The van der Waals surface area contributed by atoms with Crippen molar-refractivity contribution in [3.8, 4) is 22.8 Å². The minimum atomic E-state index is -0.566. The summed E-state index contributed by atoms with van der Waals surface area (Å²) in [4.78, 5) is 0. The number of aromatic nitrogens is 2. The Bertz CT molecular complexity index is 769. The van der Waals surface area contributed by atoms with Crippen molar-refractivity contribution >= 4 is 11.5 Å². The van der Waals surface area contributed by atoms with Crippen molar-refractivity contribution in [2.24, 2.45) is 0 Å². The van der Waals surface area contributed by atoms with Gasteiger partial charge in [0.05, 0.1) is 11.4 Å². The SMILES string of the molecule is Oc1ccc(-c2cc(Nc3ccc(O)cc3F)n[nH]2)cc1. The summed E-state index contributed by atoms with van der Waals surface area (Å²) in [5.74, 6) is -0.0699. The summed E-state index contributed by atoms with van der Waals surface area (Å²) >= 11 is 0. The Morgan fingerprint density at radius 1 is 0.952 bits per heavy atom. The van der Waals surface area contributed by atoms with Crippen LogP contribution in [-0.2, 0) is 0 Å². The summed E-state index contributed by atoms with van der Waals surface area (Å²) in [5, 5.41) is 28.1. The lowest BCUT2D eigenvalue weighted by molar-refractivity contribution is 0.469. The second-order valence-corrected chi connectivity index (χ2v) is 4.50. The molecule has 0 aliphatic carbocycles. The molecule has 0 radical (unpaired) electrons. The van der Waals surface area contributed by atoms with E-state index in [-0.39, 0.29) is 17.2 Å². The van der Waals surface area contributed by atoms with Gasteiger partial charge in [0.2, 0.25) is 0 Å². The molecule has 4 N–H and O–H groups in total. The van der Waals surface area contributed by atoms with Gasteiger partial charge in [-0.15, -0.1) is 0 Å². The first-order valence-electron chi connectivity index (χ1n) is 6.22. The van der Waals surface area contributed by atoms with Crippen molar-refractivity contribution in [3.05, 3.63) is 54.3 Å². The third-order valence-electron chi connectivity index (χ3n) is 2.97. The number of halogens is 1. The number of rotatable bonds is 3. The Morgan fingerprint density at radius 2 is 1.67 bits per heavy atom. The summed E-state index contributed by atoms with van der Waals surface area (Å²) in [5.41, 5.74) is 1.80. The summed E-state index contributed by atoms with van der Waals surface area (Å²) in [6, 6.07) is 12.2. The van der Waals surface area contributed by atoms with Gasteiger partial charge in [-0.05, 0) is 42.0 Å². The van der Waals surface area contributed by atoms with E-state index in [1.807, 2.05) is 0 Å². The average Bonchev–Trinajstić information content (AvgIpc) is 2.91. The topological polar surface area (TPSA) is 81.2 Å². The predicted octanol–water partition coefficient (Wildman–Crippen LogP) is 3.37. The van der Waals surface area contributed by atoms with E-state index in [0.29, 0.717) is 5.82 Å². The highest BCUT2D eigenvalue weighted by molar-refractivity contribution is 5.66. The van der Waals surface area contributed by atoms with Gasteiger partial charge in [0.1, 0.15) is 17.3 Å². The van der Waals surface area contributed by atoms with Crippen LogP contribution in [0.4, 0.5) is 15.9 Å². The minimum absolute atomic E-state index is 0.134. The molecule has 1 aromatic heterocycles. The Kier molecular flexibility index (Phi) is 3.19. The minimum Gasteiger partial charge on any atom is -0.508 e. The number of phenolic OH excluding ortho intramolecular Hbond substituents is 2. The van der Waals surface area contributed by atoms with Crippen LogP contribution in [0.1, 0.15) is 0 Å². The lowest BCUT2D eigenvalue weighted by atomic mass is 10.1. The number of nitrogens with one attached hydrogen (secondary N) is 2. The summed E-state index contributed by atoms with van der Waals surface area (Å²) in [6.07, 6.45) is 0. The molecule has 5 nitrogen and oxygen atoms in total. The third kappa shape index (κ3) is 2.79. The smallest absolute Gasteiger partial charge is 0.152 e. The average molecular weight is 285 g/mol. The van der Waals surface area contributed by atoms with Crippen molar-refractivity contribution < 1.29 is 14.6 Å². The highest BCUT2D eigenvalue weighted by atomic mass is 19.1. The predicted molar refractivity (Wildman–Crippen MR) is 77.0 cm³/mol. The lowest BCUT2D eigenvalue weighted by Crippen LogP contribution is -1.93. The fourth-order valence-corrected chi connectivity index (χ4v) is 1.92. The molecule has 0 bridgehead atoms. The van der Waals surface area contributed by atoms with E-state index in [1.54, 1.807) is 30.3 Å². The van der Waals surface area contributed by atoms with Gasteiger partial charge in [-0.2, -0.15) is 5.10 Å². The Morgan fingerprint density at radius 3 is 2.38 bits per heavy atom. The number of benzene rings is 2. The van der Waals surface area contributed by atoms with Crippen molar-refractivity contribution in [3.63, 3.8) is 0 Å². The quantitative estimate of drug-likeness (QED) is 0.556. The third-order valence-corrected chi connectivity index (χ3v) is 2.97. The van der Waals surface area contributed by atoms with Crippen LogP contribution in [0.2, 0.25) is 0 Å². The van der Waals surface area contributed by atoms with Gasteiger partial charge in [0.25, 0.3) is 0 Å². The molecule has 0 fully saturated rings. The Balaban J connectivity index is 1.83. The molecule has 3 rings (SSSR count). The number of nitrogens with zero attached hydrogens (tertiary/aromatic N) is 1. The first-order valence-corrected chi connectivity index (χ1v) is 6.22. The van der Waals surface area contributed by atoms with E-state index in [4.69, 9.17) is 5.11 Å². The van der Waals surface area contributed by atoms with Crippen LogP contribution in [0.25, 0.3) is 11.3 Å². The van der Waals surface area contributed by atoms with Crippen LogP contribution in [0.3, 0.4) is 0 Å². The van der Waals surface area contributed by atoms with Gasteiger partial charge in [-0.3, -0.25) is 5.10 Å². The van der Waals surface area contributed by atoms with Gasteiger partial charge < -0.3 is 15.5 Å². The molecule has 0 saturated carbocycles. The summed E-state index contributed by atoms with van der Waals surface area (Å²) in [6.45, 7) is 0. The summed E-state index contributed by atoms with van der Waals surface area (Å²) in [7, 11) is 0. The number of phenols is 2. The molecule has 0 aliphatic rings. The monoisotopic (exact) mass is 285 g/mol. The highest BCUT2D eigenvalue weighted by Gasteiger charge is 2.07. The lowest BCUT2D eigenvalue weighted by Gasteiger charge is -2.04. The zero-order chi connectivity index (χ0) is 14.8. The van der Waals surface area contributed by atoms with E-state index in [2.05, 4.69) is 15.5 Å². The highest BCUT2D eigenvalue weighted by Crippen LogP contribution is 2.26. The van der Waals surface area contributed by atoms with Gasteiger partial charge in [-0.25, -0.2) is 4.39 Å². The van der Waals surface area contributed by atoms with Crippen LogP contribution < -0.4 is 5.32 Å². The summed E-state index contributed by atoms with van der Waals surface area (Å²) < 4.78 is 13.6. The number of H-pyrrole nitrogens is 1. The van der Waals surface area contributed by atoms with Crippen LogP contribution in [0, 0.1) is 5.82 Å². The van der Waals surface area contributed by atoms with E-state index in [1.165, 1.54) is 12.1 Å². The van der Waals surface area contributed by atoms with Crippen molar-refractivity contribution in [2.45, 2.75) is 0 Å². The zero-order valence-corrected chi connectivity index (χ0v) is 10.8. The van der Waals surface area contributed by atoms with Crippen LogP contribution >= 0.6 is 0 Å². The second kappa shape index (κ2) is 5.16. The maximum atomic E-state index is 13.6. The Hall–Kier alpha value is -3.02. The normalized spacial score (nSPS) is 10.5. The molecular formula is C15H12FN3O2. The van der Waals surface area contributed by atoms with Crippen molar-refractivity contribution in [1.82, 2.24) is 10.2 Å². The molecule has 0 atom stereocenters. The van der Waals surface area contributed by atoms with E-state index < -0.39 is 5.82 Å². The van der Waals surface area contributed by atoms with Crippen LogP contribution in [-0.4, -0.2) is 20.4 Å². The number of hydrogen-bond acceptors (Lipinski definition) is 4. The first-order chi connectivity index (χ1) is 10.1. The zero-order valence-electron chi connectivity index (χ0n) is 10.8.